The van der Waals surface area contributed by atoms with Crippen molar-refractivity contribution in [1.29, 1.82) is 0 Å². The molecule has 0 aromatic rings. The summed E-state index contributed by atoms with van der Waals surface area (Å²) in [7, 11) is -2.84. The van der Waals surface area contributed by atoms with Crippen molar-refractivity contribution in [3.8, 4) is 0 Å². The molecule has 0 spiro atoms. The molecule has 18 heavy (non-hydrogen) atoms. The van der Waals surface area contributed by atoms with Crippen LogP contribution < -0.4 is 11.3 Å². The molecule has 0 aromatic heterocycles. The summed E-state index contributed by atoms with van der Waals surface area (Å²) in [4.78, 5) is 0. The fourth-order valence-electron chi connectivity index (χ4n) is 2.99. The second-order valence-corrected chi connectivity index (χ2v) is 8.29. The first-order chi connectivity index (χ1) is 8.43. The molecular formula is C13H28N2O2S. The predicted octanol–water partition coefficient (Wildman–Crippen LogP) is 2.00. The van der Waals surface area contributed by atoms with Crippen molar-refractivity contribution < 1.29 is 8.42 Å². The van der Waals surface area contributed by atoms with E-state index in [2.05, 4.69) is 12.3 Å². The van der Waals surface area contributed by atoms with Crippen LogP contribution in [-0.2, 0) is 9.84 Å². The zero-order valence-electron chi connectivity index (χ0n) is 11.7. The van der Waals surface area contributed by atoms with Gasteiger partial charge in [-0.3, -0.25) is 11.3 Å². The van der Waals surface area contributed by atoms with E-state index in [-0.39, 0.29) is 23.0 Å². The summed E-state index contributed by atoms with van der Waals surface area (Å²) in [5.74, 6) is 6.20. The third kappa shape index (κ3) is 4.52. The quantitative estimate of drug-likeness (QED) is 0.551. The summed E-state index contributed by atoms with van der Waals surface area (Å²) in [5.41, 5.74) is 3.16. The molecule has 1 rings (SSSR count). The highest BCUT2D eigenvalue weighted by atomic mass is 32.2. The lowest BCUT2D eigenvalue weighted by atomic mass is 9.69. The van der Waals surface area contributed by atoms with Crippen LogP contribution in [0.3, 0.4) is 0 Å². The highest BCUT2D eigenvalue weighted by Gasteiger charge is 2.34. The summed E-state index contributed by atoms with van der Waals surface area (Å²) in [6, 6.07) is 0.241. The van der Waals surface area contributed by atoms with E-state index in [0.29, 0.717) is 6.42 Å². The minimum absolute atomic E-state index is 0.239. The Morgan fingerprint density at radius 1 is 1.28 bits per heavy atom. The highest BCUT2D eigenvalue weighted by molar-refractivity contribution is 7.91. The Morgan fingerprint density at radius 3 is 2.39 bits per heavy atom. The van der Waals surface area contributed by atoms with Gasteiger partial charge in [-0.15, -0.1) is 0 Å². The Hall–Kier alpha value is -0.130. The molecule has 1 saturated carbocycles. The van der Waals surface area contributed by atoms with Gasteiger partial charge >= 0.3 is 0 Å². The number of sulfone groups is 1. The van der Waals surface area contributed by atoms with E-state index in [0.717, 1.165) is 6.42 Å². The molecule has 4 nitrogen and oxygen atoms in total. The lowest BCUT2D eigenvalue weighted by molar-refractivity contribution is 0.137. The Kier molecular flexibility index (Phi) is 6.08. The molecule has 108 valence electrons. The maximum atomic E-state index is 11.5. The highest BCUT2D eigenvalue weighted by Crippen LogP contribution is 2.39. The molecule has 1 atom stereocenters. The zero-order valence-corrected chi connectivity index (χ0v) is 12.6. The van der Waals surface area contributed by atoms with Gasteiger partial charge in [0.25, 0.3) is 0 Å². The molecule has 0 radical (unpaired) electrons. The van der Waals surface area contributed by atoms with Crippen molar-refractivity contribution in [2.75, 3.05) is 11.5 Å². The smallest absolute Gasteiger partial charge is 0.150 e. The molecule has 0 saturated heterocycles. The molecule has 0 amide bonds. The number of rotatable bonds is 7. The van der Waals surface area contributed by atoms with Crippen LogP contribution in [0.5, 0.6) is 0 Å². The first-order valence-electron chi connectivity index (χ1n) is 7.10. The van der Waals surface area contributed by atoms with Crippen LogP contribution in [0.1, 0.15) is 58.8 Å². The average Bonchev–Trinajstić information content (AvgIpc) is 2.35. The summed E-state index contributed by atoms with van der Waals surface area (Å²) in [6.07, 6.45) is 7.80. The van der Waals surface area contributed by atoms with Crippen molar-refractivity contribution in [3.05, 3.63) is 0 Å². The maximum Gasteiger partial charge on any atom is 0.150 e. The SMILES string of the molecule is CCS(=O)(=O)CCCC(NN)C1(C)CCCCC1. The van der Waals surface area contributed by atoms with Crippen LogP contribution in [0, 0.1) is 5.41 Å². The summed E-state index contributed by atoms with van der Waals surface area (Å²) < 4.78 is 22.9. The van der Waals surface area contributed by atoms with Gasteiger partial charge in [0, 0.05) is 11.8 Å². The molecule has 3 N–H and O–H groups in total. The topological polar surface area (TPSA) is 72.2 Å². The van der Waals surface area contributed by atoms with Gasteiger partial charge in [0.15, 0.2) is 0 Å². The second kappa shape index (κ2) is 6.87. The van der Waals surface area contributed by atoms with E-state index in [1.807, 2.05) is 0 Å². The second-order valence-electron chi connectivity index (χ2n) is 5.81. The van der Waals surface area contributed by atoms with Crippen LogP contribution in [0.15, 0.2) is 0 Å². The van der Waals surface area contributed by atoms with Crippen molar-refractivity contribution in [2.24, 2.45) is 11.3 Å². The van der Waals surface area contributed by atoms with Crippen molar-refractivity contribution in [1.82, 2.24) is 5.43 Å². The normalized spacial score (nSPS) is 21.7. The van der Waals surface area contributed by atoms with Crippen molar-refractivity contribution >= 4 is 9.84 Å². The van der Waals surface area contributed by atoms with Crippen LogP contribution in [-0.4, -0.2) is 26.0 Å². The van der Waals surface area contributed by atoms with Gasteiger partial charge in [-0.2, -0.15) is 0 Å². The number of nitrogens with two attached hydrogens (primary N) is 1. The minimum atomic E-state index is -2.84. The predicted molar refractivity (Wildman–Crippen MR) is 75.9 cm³/mol. The monoisotopic (exact) mass is 276 g/mol. The molecule has 5 heteroatoms. The first kappa shape index (κ1) is 15.9. The Balaban J connectivity index is 2.46. The van der Waals surface area contributed by atoms with Crippen LogP contribution in [0.25, 0.3) is 0 Å². The minimum Gasteiger partial charge on any atom is -0.271 e. The van der Waals surface area contributed by atoms with E-state index >= 15 is 0 Å². The third-order valence-corrected chi connectivity index (χ3v) is 6.22. The number of nitrogens with one attached hydrogen (secondary N) is 1. The molecule has 1 aliphatic carbocycles. The molecule has 1 aliphatic rings. The van der Waals surface area contributed by atoms with Crippen molar-refractivity contribution in [2.45, 2.75) is 64.8 Å². The number of hydrazine groups is 1. The molecule has 0 aliphatic heterocycles. The van der Waals surface area contributed by atoms with Gasteiger partial charge in [0.2, 0.25) is 0 Å². The lowest BCUT2D eigenvalue weighted by Crippen LogP contribution is -2.48. The average molecular weight is 276 g/mol. The van der Waals surface area contributed by atoms with E-state index in [9.17, 15) is 8.42 Å². The number of hydrogen-bond donors (Lipinski definition) is 2. The van der Waals surface area contributed by atoms with Gasteiger partial charge in [0.1, 0.15) is 9.84 Å². The van der Waals surface area contributed by atoms with Gasteiger partial charge < -0.3 is 0 Å². The molecule has 1 unspecified atom stereocenters. The Labute approximate surface area is 112 Å². The van der Waals surface area contributed by atoms with Gasteiger partial charge in [-0.05, 0) is 31.1 Å². The first-order valence-corrected chi connectivity index (χ1v) is 8.92. The van der Waals surface area contributed by atoms with E-state index in [4.69, 9.17) is 5.84 Å². The molecule has 1 fully saturated rings. The summed E-state index contributed by atoms with van der Waals surface area (Å²) >= 11 is 0. The standard InChI is InChI=1S/C13H28N2O2S/c1-3-18(16,17)11-7-8-12(15-14)13(2)9-5-4-6-10-13/h12,15H,3-11,14H2,1-2H3. The van der Waals surface area contributed by atoms with Gasteiger partial charge in [-0.1, -0.05) is 33.1 Å². The zero-order chi connectivity index (χ0) is 13.6. The third-order valence-electron chi connectivity index (χ3n) is 4.43. The van der Waals surface area contributed by atoms with Crippen LogP contribution in [0.4, 0.5) is 0 Å². The molecule has 0 heterocycles. The molecule has 0 bridgehead atoms. The maximum absolute atomic E-state index is 11.5. The van der Waals surface area contributed by atoms with E-state index in [1.165, 1.54) is 32.1 Å². The van der Waals surface area contributed by atoms with Crippen molar-refractivity contribution in [3.63, 3.8) is 0 Å². The molecular weight excluding hydrogens is 248 g/mol. The Morgan fingerprint density at radius 2 is 1.89 bits per heavy atom. The van der Waals surface area contributed by atoms with Crippen LogP contribution in [0.2, 0.25) is 0 Å². The lowest BCUT2D eigenvalue weighted by Gasteiger charge is -2.40. The summed E-state index contributed by atoms with van der Waals surface area (Å²) in [5, 5.41) is 0. The Bertz CT molecular complexity index is 335. The van der Waals surface area contributed by atoms with E-state index in [1.54, 1.807) is 6.92 Å². The number of hydrogen-bond acceptors (Lipinski definition) is 4. The summed E-state index contributed by atoms with van der Waals surface area (Å²) in [6.45, 7) is 3.99. The molecule has 0 aromatic carbocycles. The van der Waals surface area contributed by atoms with Gasteiger partial charge in [-0.25, -0.2) is 8.42 Å². The van der Waals surface area contributed by atoms with Gasteiger partial charge in [0.05, 0.1) is 5.75 Å². The fourth-order valence-corrected chi connectivity index (χ4v) is 3.89. The van der Waals surface area contributed by atoms with E-state index < -0.39 is 9.84 Å². The van der Waals surface area contributed by atoms with Crippen LogP contribution >= 0.6 is 0 Å². The largest absolute Gasteiger partial charge is 0.271 e. The fraction of sp³-hybridized carbons (Fsp3) is 1.00.